The molecular weight excluding hydrogens is 396 g/mol. The van der Waals surface area contributed by atoms with Crippen molar-refractivity contribution in [2.75, 3.05) is 6.54 Å². The van der Waals surface area contributed by atoms with E-state index in [4.69, 9.17) is 9.47 Å². The first kappa shape index (κ1) is 22.6. The number of fused-ring (bicyclic) bond motifs is 3. The Kier molecular flexibility index (Phi) is 5.74. The van der Waals surface area contributed by atoms with E-state index in [-0.39, 0.29) is 12.2 Å². The van der Waals surface area contributed by atoms with Crippen LogP contribution in [0.1, 0.15) is 70.9 Å². The van der Waals surface area contributed by atoms with E-state index in [1.807, 2.05) is 25.1 Å². The highest BCUT2D eigenvalue weighted by Crippen LogP contribution is 2.37. The largest absolute Gasteiger partial charge is 0.443 e. The Morgan fingerprint density at radius 3 is 2.13 bits per heavy atom. The fraction of sp³-hybridized carbons (Fsp3) is 0.458. The van der Waals surface area contributed by atoms with Crippen molar-refractivity contribution in [1.82, 2.24) is 9.47 Å². The molecule has 0 bridgehead atoms. The number of amides is 2. The molecule has 7 heteroatoms. The molecule has 166 valence electrons. The maximum absolute atomic E-state index is 13.7. The number of benzene rings is 1. The summed E-state index contributed by atoms with van der Waals surface area (Å²) in [5.41, 5.74) is 0.700. The number of hydrogen-bond acceptors (Lipinski definition) is 5. The average molecular weight is 427 g/mol. The molecule has 0 atom stereocenters. The van der Waals surface area contributed by atoms with Crippen molar-refractivity contribution in [3.63, 3.8) is 0 Å². The van der Waals surface area contributed by atoms with Crippen molar-refractivity contribution in [2.24, 2.45) is 0 Å². The summed E-state index contributed by atoms with van der Waals surface area (Å²) in [6.07, 6.45) is 0.967. The molecule has 7 nitrogen and oxygen atoms in total. The van der Waals surface area contributed by atoms with Crippen LogP contribution in [-0.4, -0.2) is 45.3 Å². The lowest BCUT2D eigenvalue weighted by molar-refractivity contribution is 0.0238. The lowest BCUT2D eigenvalue weighted by atomic mass is 10.00. The third-order valence-electron chi connectivity index (χ3n) is 4.79. The van der Waals surface area contributed by atoms with Gasteiger partial charge in [-0.15, -0.1) is 0 Å². The van der Waals surface area contributed by atoms with E-state index in [2.05, 4.69) is 0 Å². The second kappa shape index (κ2) is 7.87. The number of imide groups is 1. The molecule has 3 rings (SSSR count). The van der Waals surface area contributed by atoms with Gasteiger partial charge < -0.3 is 9.47 Å². The van der Waals surface area contributed by atoms with Gasteiger partial charge in [0.25, 0.3) is 5.91 Å². The zero-order chi connectivity index (χ0) is 23.1. The van der Waals surface area contributed by atoms with Crippen molar-refractivity contribution in [1.29, 1.82) is 0 Å². The Hall–Kier alpha value is -3.09. The number of aromatic nitrogens is 1. The minimum absolute atomic E-state index is 0.118. The normalized spacial score (nSPS) is 16.3. The number of nitrogens with zero attached hydrogens (tertiary/aromatic N) is 2. The highest BCUT2D eigenvalue weighted by atomic mass is 16.6. The van der Waals surface area contributed by atoms with Gasteiger partial charge in [0.1, 0.15) is 16.9 Å². The van der Waals surface area contributed by atoms with Crippen molar-refractivity contribution >= 4 is 34.6 Å². The first-order chi connectivity index (χ1) is 14.3. The smallest absolute Gasteiger partial charge is 0.419 e. The van der Waals surface area contributed by atoms with Gasteiger partial charge in [-0.2, -0.15) is 0 Å². The van der Waals surface area contributed by atoms with E-state index >= 15 is 0 Å². The topological polar surface area (TPSA) is 77.8 Å². The Balaban J connectivity index is 2.26. The molecule has 1 aliphatic rings. The molecule has 0 N–H and O–H groups in total. The van der Waals surface area contributed by atoms with Crippen molar-refractivity contribution in [3.8, 4) is 0 Å². The molecule has 0 spiro atoms. The van der Waals surface area contributed by atoms with Crippen LogP contribution < -0.4 is 0 Å². The van der Waals surface area contributed by atoms with E-state index in [9.17, 15) is 14.4 Å². The molecule has 1 aliphatic heterocycles. The first-order valence-corrected chi connectivity index (χ1v) is 10.4. The summed E-state index contributed by atoms with van der Waals surface area (Å²) >= 11 is 0. The monoisotopic (exact) mass is 426 g/mol. The Bertz CT molecular complexity index is 1080. The third-order valence-corrected chi connectivity index (χ3v) is 4.79. The molecule has 2 amide bonds. The summed E-state index contributed by atoms with van der Waals surface area (Å²) in [7, 11) is 0. The Morgan fingerprint density at radius 2 is 1.55 bits per heavy atom. The summed E-state index contributed by atoms with van der Waals surface area (Å²) in [5.74, 6) is -0.580. The Morgan fingerprint density at radius 1 is 0.968 bits per heavy atom. The molecule has 0 unspecified atom stereocenters. The number of carbonyl (C=O) groups excluding carboxylic acids is 3. The van der Waals surface area contributed by atoms with E-state index < -0.39 is 29.3 Å². The third kappa shape index (κ3) is 4.50. The van der Waals surface area contributed by atoms with Crippen LogP contribution in [0.15, 0.2) is 30.3 Å². The van der Waals surface area contributed by atoms with Crippen molar-refractivity contribution in [2.45, 2.75) is 66.1 Å². The summed E-state index contributed by atoms with van der Waals surface area (Å²) in [5, 5.41) is 0.760. The maximum Gasteiger partial charge on any atom is 0.419 e. The second-order valence-electron chi connectivity index (χ2n) is 9.56. The van der Waals surface area contributed by atoms with Crippen molar-refractivity contribution < 1.29 is 23.9 Å². The predicted octanol–water partition coefficient (Wildman–Crippen LogP) is 5.61. The summed E-state index contributed by atoms with van der Waals surface area (Å²) in [6.45, 7) is 12.6. The van der Waals surface area contributed by atoms with E-state index in [0.717, 1.165) is 15.9 Å². The predicted molar refractivity (Wildman–Crippen MR) is 119 cm³/mol. The highest BCUT2D eigenvalue weighted by molar-refractivity contribution is 6.14. The van der Waals surface area contributed by atoms with Gasteiger partial charge >= 0.3 is 12.2 Å². The van der Waals surface area contributed by atoms with Crippen LogP contribution in [0.4, 0.5) is 9.59 Å². The number of ether oxygens (including phenoxy) is 2. The lowest BCUT2D eigenvalue weighted by Crippen LogP contribution is -2.42. The van der Waals surface area contributed by atoms with Gasteiger partial charge in [-0.25, -0.2) is 19.1 Å². The number of carbonyl (C=O) groups is 3. The van der Waals surface area contributed by atoms with Crippen molar-refractivity contribution in [3.05, 3.63) is 41.6 Å². The second-order valence-corrected chi connectivity index (χ2v) is 9.56. The van der Waals surface area contributed by atoms with Gasteiger partial charge in [0.05, 0.1) is 5.52 Å². The molecule has 1 aromatic carbocycles. The summed E-state index contributed by atoms with van der Waals surface area (Å²) < 4.78 is 12.4. The molecule has 31 heavy (non-hydrogen) atoms. The molecule has 0 fully saturated rings. The van der Waals surface area contributed by atoms with Gasteiger partial charge in [-0.05, 0) is 66.5 Å². The maximum atomic E-state index is 13.7. The molecule has 0 radical (unpaired) electrons. The molecule has 1 aromatic heterocycles. The first-order valence-electron chi connectivity index (χ1n) is 10.4. The molecule has 0 aliphatic carbocycles. The number of para-hydroxylation sites is 1. The standard InChI is InChI=1S/C24H30N2O5/c1-8-15-13-14-25(21(28)30-23(2,3)4)20(27)19-18(15)16-11-9-10-12-17(16)26(19)22(29)31-24(5,6)7/h8-12H,13-14H2,1-7H3/b15-8+. The number of rotatable bonds is 0. The van der Waals surface area contributed by atoms with Crippen LogP contribution in [0.25, 0.3) is 16.5 Å². The SMILES string of the molecule is C/C=C1\CCN(C(=O)OC(C)(C)C)C(=O)c2c1c1ccccc1n2C(=O)OC(C)(C)C. The summed E-state index contributed by atoms with van der Waals surface area (Å²) in [6, 6.07) is 7.30. The molecule has 2 heterocycles. The minimum Gasteiger partial charge on any atom is -0.443 e. The molecule has 0 saturated heterocycles. The van der Waals surface area contributed by atoms with Gasteiger partial charge in [-0.1, -0.05) is 24.3 Å². The number of hydrogen-bond donors (Lipinski definition) is 0. The molecule has 0 saturated carbocycles. The van der Waals surface area contributed by atoms with Gasteiger partial charge in [0, 0.05) is 17.5 Å². The Labute approximate surface area is 182 Å². The van der Waals surface area contributed by atoms with Crippen LogP contribution in [0.5, 0.6) is 0 Å². The van der Waals surface area contributed by atoms with Gasteiger partial charge in [0.2, 0.25) is 0 Å². The van der Waals surface area contributed by atoms with Crippen LogP contribution in [0.3, 0.4) is 0 Å². The van der Waals surface area contributed by atoms with Crippen LogP contribution in [0.2, 0.25) is 0 Å². The zero-order valence-electron chi connectivity index (χ0n) is 19.2. The van der Waals surface area contributed by atoms with E-state index in [1.165, 1.54) is 4.57 Å². The highest BCUT2D eigenvalue weighted by Gasteiger charge is 2.38. The van der Waals surface area contributed by atoms with Gasteiger partial charge in [-0.3, -0.25) is 4.79 Å². The van der Waals surface area contributed by atoms with Gasteiger partial charge in [0.15, 0.2) is 0 Å². The zero-order valence-corrected chi connectivity index (χ0v) is 19.2. The summed E-state index contributed by atoms with van der Waals surface area (Å²) in [4.78, 5) is 40.8. The van der Waals surface area contributed by atoms with Crippen LogP contribution >= 0.6 is 0 Å². The quantitative estimate of drug-likeness (QED) is 0.547. The molecule has 2 aromatic rings. The molecular formula is C24H30N2O5. The fourth-order valence-corrected chi connectivity index (χ4v) is 3.63. The minimum atomic E-state index is -0.756. The number of allylic oxidation sites excluding steroid dienone is 1. The van der Waals surface area contributed by atoms with Crippen LogP contribution in [0, 0.1) is 0 Å². The van der Waals surface area contributed by atoms with E-state index in [1.54, 1.807) is 53.7 Å². The average Bonchev–Trinajstić information content (AvgIpc) is 2.89. The fourth-order valence-electron chi connectivity index (χ4n) is 3.63. The lowest BCUT2D eigenvalue weighted by Gasteiger charge is -2.26. The van der Waals surface area contributed by atoms with Crippen LogP contribution in [-0.2, 0) is 9.47 Å². The van der Waals surface area contributed by atoms with E-state index in [0.29, 0.717) is 17.5 Å².